The van der Waals surface area contributed by atoms with E-state index in [0.29, 0.717) is 5.02 Å². The van der Waals surface area contributed by atoms with Gasteiger partial charge in [0.25, 0.3) is 0 Å². The van der Waals surface area contributed by atoms with Crippen molar-refractivity contribution in [2.45, 2.75) is 39.2 Å². The fourth-order valence-electron chi connectivity index (χ4n) is 1.92. The van der Waals surface area contributed by atoms with Crippen molar-refractivity contribution < 1.29 is 4.74 Å². The molecule has 0 aromatic heterocycles. The number of hydrogen-bond donors (Lipinski definition) is 1. The number of halogens is 1. The maximum Gasteiger partial charge on any atom is 0.138 e. The predicted molar refractivity (Wildman–Crippen MR) is 73.0 cm³/mol. The first-order chi connectivity index (χ1) is 8.15. The molecule has 0 aliphatic heterocycles. The van der Waals surface area contributed by atoms with Crippen LogP contribution < -0.4 is 10.1 Å². The largest absolute Gasteiger partial charge is 0.489 e. The number of hydrogen-bond acceptors (Lipinski definition) is 2. The van der Waals surface area contributed by atoms with Crippen LogP contribution in [0, 0.1) is 5.92 Å². The van der Waals surface area contributed by atoms with Gasteiger partial charge in [0.2, 0.25) is 0 Å². The van der Waals surface area contributed by atoms with Crippen LogP contribution in [-0.4, -0.2) is 12.6 Å². The zero-order valence-electron chi connectivity index (χ0n) is 10.5. The molecule has 0 spiro atoms. The molecule has 0 unspecified atom stereocenters. The highest BCUT2D eigenvalue weighted by molar-refractivity contribution is 6.32. The third kappa shape index (κ3) is 3.53. The van der Waals surface area contributed by atoms with E-state index >= 15 is 0 Å². The minimum atomic E-state index is 0.154. The second-order valence-corrected chi connectivity index (χ2v) is 5.40. The van der Waals surface area contributed by atoms with Gasteiger partial charge in [-0.25, -0.2) is 0 Å². The molecule has 17 heavy (non-hydrogen) atoms. The average Bonchev–Trinajstić information content (AvgIpc) is 2.19. The number of anilines is 1. The molecule has 0 bridgehead atoms. The van der Waals surface area contributed by atoms with Gasteiger partial charge >= 0.3 is 0 Å². The van der Waals surface area contributed by atoms with Crippen LogP contribution in [0.1, 0.15) is 33.1 Å². The first-order valence-corrected chi connectivity index (χ1v) is 6.73. The van der Waals surface area contributed by atoms with Crippen molar-refractivity contribution in [2.24, 2.45) is 5.92 Å². The fourth-order valence-corrected chi connectivity index (χ4v) is 2.14. The molecule has 1 saturated carbocycles. The molecule has 94 valence electrons. The van der Waals surface area contributed by atoms with Gasteiger partial charge in [-0.1, -0.05) is 18.0 Å². The van der Waals surface area contributed by atoms with Gasteiger partial charge in [-0.15, -0.1) is 0 Å². The monoisotopic (exact) mass is 253 g/mol. The summed E-state index contributed by atoms with van der Waals surface area (Å²) in [5.74, 6) is 1.61. The zero-order chi connectivity index (χ0) is 12.3. The quantitative estimate of drug-likeness (QED) is 0.843. The molecular weight excluding hydrogens is 234 g/mol. The lowest BCUT2D eigenvalue weighted by molar-refractivity contribution is 0.242. The minimum Gasteiger partial charge on any atom is -0.489 e. The van der Waals surface area contributed by atoms with Gasteiger partial charge in [0.05, 0.1) is 11.1 Å². The highest BCUT2D eigenvalue weighted by Gasteiger charge is 2.16. The molecule has 1 aromatic carbocycles. The summed E-state index contributed by atoms with van der Waals surface area (Å²) >= 11 is 6.17. The van der Waals surface area contributed by atoms with Gasteiger partial charge in [-0.05, 0) is 50.8 Å². The van der Waals surface area contributed by atoms with Crippen molar-refractivity contribution in [3.63, 3.8) is 0 Å². The molecule has 0 amide bonds. The lowest BCUT2D eigenvalue weighted by Crippen LogP contribution is -2.20. The molecule has 0 radical (unpaired) electrons. The third-order valence-electron chi connectivity index (χ3n) is 3.11. The molecule has 0 heterocycles. The first-order valence-electron chi connectivity index (χ1n) is 6.35. The third-order valence-corrected chi connectivity index (χ3v) is 3.41. The number of benzene rings is 1. The van der Waals surface area contributed by atoms with E-state index < -0.39 is 0 Å². The summed E-state index contributed by atoms with van der Waals surface area (Å²) in [5.41, 5.74) is 1.08. The Hall–Kier alpha value is -0.890. The normalized spacial score (nSPS) is 15.8. The van der Waals surface area contributed by atoms with E-state index in [1.54, 1.807) is 0 Å². The van der Waals surface area contributed by atoms with Gasteiger partial charge in [0.15, 0.2) is 0 Å². The van der Waals surface area contributed by atoms with Crippen LogP contribution in [-0.2, 0) is 0 Å². The average molecular weight is 254 g/mol. The second kappa shape index (κ2) is 5.63. The van der Waals surface area contributed by atoms with E-state index in [9.17, 15) is 0 Å². The molecule has 1 aliphatic carbocycles. The van der Waals surface area contributed by atoms with E-state index in [2.05, 4.69) is 5.32 Å². The molecule has 1 fully saturated rings. The van der Waals surface area contributed by atoms with Gasteiger partial charge in [-0.2, -0.15) is 0 Å². The Balaban J connectivity index is 1.92. The smallest absolute Gasteiger partial charge is 0.138 e. The molecule has 1 aromatic rings. The maximum absolute atomic E-state index is 6.17. The number of nitrogens with one attached hydrogen (secondary N) is 1. The van der Waals surface area contributed by atoms with Gasteiger partial charge in [0, 0.05) is 12.2 Å². The molecule has 1 aliphatic rings. The second-order valence-electron chi connectivity index (χ2n) is 4.99. The predicted octanol–water partition coefficient (Wildman–Crippen LogP) is 4.34. The van der Waals surface area contributed by atoms with Crippen molar-refractivity contribution in [1.29, 1.82) is 0 Å². The van der Waals surface area contributed by atoms with Crippen LogP contribution in [0.25, 0.3) is 0 Å². The van der Waals surface area contributed by atoms with Crippen molar-refractivity contribution in [3.8, 4) is 5.75 Å². The summed E-state index contributed by atoms with van der Waals surface area (Å²) in [7, 11) is 0. The zero-order valence-corrected chi connectivity index (χ0v) is 11.3. The molecule has 0 saturated heterocycles. The Morgan fingerprint density at radius 1 is 1.41 bits per heavy atom. The van der Waals surface area contributed by atoms with Crippen LogP contribution in [0.2, 0.25) is 5.02 Å². The van der Waals surface area contributed by atoms with E-state index in [1.807, 2.05) is 32.0 Å². The summed E-state index contributed by atoms with van der Waals surface area (Å²) in [6.07, 6.45) is 4.25. The van der Waals surface area contributed by atoms with E-state index in [4.69, 9.17) is 16.3 Å². The summed E-state index contributed by atoms with van der Waals surface area (Å²) in [4.78, 5) is 0. The fraction of sp³-hybridized carbons (Fsp3) is 0.571. The Morgan fingerprint density at radius 2 is 2.18 bits per heavy atom. The molecule has 2 rings (SSSR count). The molecular formula is C14H20ClNO. The van der Waals surface area contributed by atoms with Crippen molar-refractivity contribution in [3.05, 3.63) is 23.2 Å². The van der Waals surface area contributed by atoms with Crippen molar-refractivity contribution in [2.75, 3.05) is 11.9 Å². The van der Waals surface area contributed by atoms with Crippen LogP contribution in [0.5, 0.6) is 5.75 Å². The number of rotatable bonds is 5. The Bertz CT molecular complexity index is 374. The van der Waals surface area contributed by atoms with E-state index in [0.717, 1.165) is 23.9 Å². The SMILES string of the molecule is CC(C)Oc1ccc(NCC2CCC2)cc1Cl. The highest BCUT2D eigenvalue weighted by Crippen LogP contribution is 2.30. The summed E-state index contributed by atoms with van der Waals surface area (Å²) in [5, 5.41) is 4.11. The topological polar surface area (TPSA) is 21.3 Å². The lowest BCUT2D eigenvalue weighted by atomic mass is 9.85. The molecule has 1 N–H and O–H groups in total. The Kier molecular flexibility index (Phi) is 4.16. The van der Waals surface area contributed by atoms with Crippen LogP contribution in [0.3, 0.4) is 0 Å². The van der Waals surface area contributed by atoms with Crippen LogP contribution >= 0.6 is 11.6 Å². The van der Waals surface area contributed by atoms with Crippen molar-refractivity contribution in [1.82, 2.24) is 0 Å². The van der Waals surface area contributed by atoms with E-state index in [1.165, 1.54) is 19.3 Å². The highest BCUT2D eigenvalue weighted by atomic mass is 35.5. The van der Waals surface area contributed by atoms with Crippen molar-refractivity contribution >= 4 is 17.3 Å². The molecule has 0 atom stereocenters. The van der Waals surface area contributed by atoms with Gasteiger partial charge in [0.1, 0.15) is 5.75 Å². The van der Waals surface area contributed by atoms with Crippen LogP contribution in [0.15, 0.2) is 18.2 Å². The molecule has 3 heteroatoms. The van der Waals surface area contributed by atoms with E-state index in [-0.39, 0.29) is 6.10 Å². The standard InChI is InChI=1S/C14H20ClNO/c1-10(2)17-14-7-6-12(8-13(14)15)16-9-11-4-3-5-11/h6-8,10-11,16H,3-5,9H2,1-2H3. The van der Waals surface area contributed by atoms with Crippen LogP contribution in [0.4, 0.5) is 5.69 Å². The summed E-state index contributed by atoms with van der Waals surface area (Å²) in [6.45, 7) is 5.05. The Labute approximate surface area is 108 Å². The maximum atomic E-state index is 6.17. The number of ether oxygens (including phenoxy) is 1. The van der Waals surface area contributed by atoms with Gasteiger partial charge < -0.3 is 10.1 Å². The Morgan fingerprint density at radius 3 is 2.71 bits per heavy atom. The van der Waals surface area contributed by atoms with Gasteiger partial charge in [-0.3, -0.25) is 0 Å². The molecule has 2 nitrogen and oxygen atoms in total. The summed E-state index contributed by atoms with van der Waals surface area (Å²) < 4.78 is 5.60. The minimum absolute atomic E-state index is 0.154. The summed E-state index contributed by atoms with van der Waals surface area (Å²) in [6, 6.07) is 5.91. The lowest BCUT2D eigenvalue weighted by Gasteiger charge is -2.26. The first kappa shape index (κ1) is 12.6.